The first-order chi connectivity index (χ1) is 19.6. The summed E-state index contributed by atoms with van der Waals surface area (Å²) in [6, 6.07) is 17.6. The van der Waals surface area contributed by atoms with E-state index < -0.39 is 27.1 Å². The quantitative estimate of drug-likeness (QED) is 0.146. The maximum Gasteiger partial charge on any atom is 0.277 e. The zero-order chi connectivity index (χ0) is 29.5. The molecule has 0 spiro atoms. The molecule has 1 heterocycles. The molecule has 1 unspecified atom stereocenters. The van der Waals surface area contributed by atoms with Crippen LogP contribution in [-0.4, -0.2) is 45.3 Å². The number of ether oxygens (including phenoxy) is 1. The van der Waals surface area contributed by atoms with Crippen LogP contribution >= 0.6 is 11.6 Å². The maximum atomic E-state index is 13.6. The van der Waals surface area contributed by atoms with Crippen LogP contribution in [0.25, 0.3) is 10.9 Å². The number of nitro benzene ring substituents is 2. The molecule has 212 valence electrons. The topological polar surface area (TPSA) is 141 Å². The van der Waals surface area contributed by atoms with E-state index in [1.807, 2.05) is 31.2 Å². The molecule has 0 saturated carbocycles. The van der Waals surface area contributed by atoms with Gasteiger partial charge in [0.15, 0.2) is 0 Å². The van der Waals surface area contributed by atoms with Gasteiger partial charge in [-0.3, -0.25) is 30.0 Å². The van der Waals surface area contributed by atoms with Gasteiger partial charge in [-0.15, -0.1) is 0 Å². The number of amides is 1. The fourth-order valence-electron chi connectivity index (χ4n) is 4.49. The largest absolute Gasteiger partial charge is 0.497 e. The number of carbonyl (C=O) groups excluding carboxylic acids is 1. The van der Waals surface area contributed by atoms with Crippen molar-refractivity contribution in [2.24, 2.45) is 0 Å². The highest BCUT2D eigenvalue weighted by Gasteiger charge is 2.24. The van der Waals surface area contributed by atoms with Crippen molar-refractivity contribution >= 4 is 45.5 Å². The van der Waals surface area contributed by atoms with Gasteiger partial charge in [-0.1, -0.05) is 29.8 Å². The molecular weight excluding hydrogens is 550 g/mol. The number of pyridine rings is 1. The van der Waals surface area contributed by atoms with Crippen molar-refractivity contribution in [1.82, 2.24) is 9.88 Å². The van der Waals surface area contributed by atoms with Gasteiger partial charge in [-0.25, -0.2) is 0 Å². The number of benzene rings is 3. The standard InChI is InChI=1S/C29H28ClN5O6/c1-19(32-27-17-26(41-2)15-21-6-3-11-31-28(21)27)5-4-12-33(18-20-7-9-23(30)10-8-20)29(36)22-13-24(34(37)38)16-25(14-22)35(39)40/h3,6-11,13-17,19,32H,4-5,12,18H2,1-2H3. The number of anilines is 1. The first kappa shape index (κ1) is 29.2. The molecule has 3 aromatic carbocycles. The number of aromatic nitrogens is 1. The van der Waals surface area contributed by atoms with Gasteiger partial charge in [-0.05, 0) is 49.6 Å². The third kappa shape index (κ3) is 7.46. The molecule has 12 heteroatoms. The molecular formula is C29H28ClN5O6. The Bertz CT molecular complexity index is 1550. The Morgan fingerprint density at radius 3 is 2.37 bits per heavy atom. The van der Waals surface area contributed by atoms with Crippen molar-refractivity contribution in [3.05, 3.63) is 109 Å². The molecule has 0 aliphatic heterocycles. The predicted octanol–water partition coefficient (Wildman–Crippen LogP) is 6.64. The second kappa shape index (κ2) is 13.1. The fourth-order valence-corrected chi connectivity index (χ4v) is 4.62. The molecule has 0 bridgehead atoms. The average Bonchev–Trinajstić information content (AvgIpc) is 2.96. The normalized spacial score (nSPS) is 11.6. The Morgan fingerprint density at radius 1 is 1.05 bits per heavy atom. The summed E-state index contributed by atoms with van der Waals surface area (Å²) in [5.41, 5.74) is 1.26. The zero-order valence-electron chi connectivity index (χ0n) is 22.5. The van der Waals surface area contributed by atoms with Gasteiger partial charge in [0.1, 0.15) is 5.75 Å². The number of hydrogen-bond donors (Lipinski definition) is 1. The maximum absolute atomic E-state index is 13.6. The van der Waals surface area contributed by atoms with Gasteiger partial charge in [0.05, 0.1) is 39.8 Å². The first-order valence-electron chi connectivity index (χ1n) is 12.8. The number of nitrogens with zero attached hydrogens (tertiary/aromatic N) is 4. The zero-order valence-corrected chi connectivity index (χ0v) is 23.2. The summed E-state index contributed by atoms with van der Waals surface area (Å²) in [4.78, 5) is 40.9. The molecule has 41 heavy (non-hydrogen) atoms. The first-order valence-corrected chi connectivity index (χ1v) is 13.2. The molecule has 1 amide bonds. The minimum absolute atomic E-state index is 0.00121. The minimum Gasteiger partial charge on any atom is -0.497 e. The number of nitrogens with one attached hydrogen (secondary N) is 1. The van der Waals surface area contributed by atoms with Gasteiger partial charge < -0.3 is 15.0 Å². The second-order valence-corrected chi connectivity index (χ2v) is 9.98. The minimum atomic E-state index is -0.752. The molecule has 1 N–H and O–H groups in total. The summed E-state index contributed by atoms with van der Waals surface area (Å²) < 4.78 is 5.43. The predicted molar refractivity (Wildman–Crippen MR) is 157 cm³/mol. The number of hydrogen-bond acceptors (Lipinski definition) is 8. The Labute approximate surface area is 241 Å². The van der Waals surface area contributed by atoms with Crippen molar-refractivity contribution < 1.29 is 19.4 Å². The van der Waals surface area contributed by atoms with E-state index in [-0.39, 0.29) is 18.2 Å². The third-order valence-electron chi connectivity index (χ3n) is 6.53. The van der Waals surface area contributed by atoms with E-state index in [4.69, 9.17) is 16.3 Å². The third-order valence-corrected chi connectivity index (χ3v) is 6.78. The average molecular weight is 578 g/mol. The molecule has 0 fully saturated rings. The summed E-state index contributed by atoms with van der Waals surface area (Å²) in [6.45, 7) is 2.52. The second-order valence-electron chi connectivity index (χ2n) is 9.54. The van der Waals surface area contributed by atoms with Crippen molar-refractivity contribution in [2.75, 3.05) is 19.0 Å². The van der Waals surface area contributed by atoms with E-state index in [0.717, 1.165) is 40.4 Å². The smallest absolute Gasteiger partial charge is 0.277 e. The Balaban J connectivity index is 1.52. The number of carbonyl (C=O) groups is 1. The molecule has 1 atom stereocenters. The molecule has 4 rings (SSSR count). The van der Waals surface area contributed by atoms with Crippen LogP contribution < -0.4 is 10.1 Å². The van der Waals surface area contributed by atoms with Gasteiger partial charge in [0.25, 0.3) is 17.3 Å². The highest BCUT2D eigenvalue weighted by atomic mass is 35.5. The van der Waals surface area contributed by atoms with Crippen LogP contribution in [0, 0.1) is 20.2 Å². The molecule has 0 aliphatic carbocycles. The van der Waals surface area contributed by atoms with Crippen LogP contribution in [-0.2, 0) is 6.54 Å². The molecule has 0 aliphatic rings. The lowest BCUT2D eigenvalue weighted by Gasteiger charge is -2.24. The number of rotatable bonds is 12. The van der Waals surface area contributed by atoms with E-state index in [1.165, 1.54) is 4.90 Å². The monoisotopic (exact) mass is 577 g/mol. The van der Waals surface area contributed by atoms with E-state index in [0.29, 0.717) is 30.2 Å². The van der Waals surface area contributed by atoms with Gasteiger partial charge in [0, 0.05) is 53.9 Å². The van der Waals surface area contributed by atoms with Gasteiger partial charge in [0.2, 0.25) is 0 Å². The summed E-state index contributed by atoms with van der Waals surface area (Å²) in [6.07, 6.45) is 2.98. The lowest BCUT2D eigenvalue weighted by molar-refractivity contribution is -0.394. The fraction of sp³-hybridized carbons (Fsp3) is 0.241. The van der Waals surface area contributed by atoms with Crippen molar-refractivity contribution in [2.45, 2.75) is 32.4 Å². The molecule has 4 aromatic rings. The summed E-state index contributed by atoms with van der Waals surface area (Å²) >= 11 is 6.01. The van der Waals surface area contributed by atoms with Gasteiger partial charge >= 0.3 is 0 Å². The van der Waals surface area contributed by atoms with Crippen LogP contribution in [0.15, 0.2) is 72.9 Å². The number of nitro groups is 2. The van der Waals surface area contributed by atoms with Crippen molar-refractivity contribution in [3.63, 3.8) is 0 Å². The van der Waals surface area contributed by atoms with Gasteiger partial charge in [-0.2, -0.15) is 0 Å². The number of methoxy groups -OCH3 is 1. The molecule has 11 nitrogen and oxygen atoms in total. The Hall–Kier alpha value is -4.77. The van der Waals surface area contributed by atoms with Crippen LogP contribution in [0.5, 0.6) is 5.75 Å². The van der Waals surface area contributed by atoms with Crippen LogP contribution in [0.2, 0.25) is 5.02 Å². The Kier molecular flexibility index (Phi) is 9.30. The van der Waals surface area contributed by atoms with Crippen LogP contribution in [0.1, 0.15) is 35.7 Å². The lowest BCUT2D eigenvalue weighted by Crippen LogP contribution is -2.32. The van der Waals surface area contributed by atoms with E-state index in [9.17, 15) is 25.0 Å². The summed E-state index contributed by atoms with van der Waals surface area (Å²) in [7, 11) is 1.60. The van der Waals surface area contributed by atoms with E-state index in [1.54, 1.807) is 37.6 Å². The van der Waals surface area contributed by atoms with Crippen molar-refractivity contribution in [3.8, 4) is 5.75 Å². The van der Waals surface area contributed by atoms with E-state index in [2.05, 4.69) is 10.3 Å². The van der Waals surface area contributed by atoms with Crippen LogP contribution in [0.3, 0.4) is 0 Å². The summed E-state index contributed by atoms with van der Waals surface area (Å²) in [5.74, 6) is 0.154. The molecule has 1 aromatic heterocycles. The SMILES string of the molecule is COc1cc(NC(C)CCCN(Cc2ccc(Cl)cc2)C(=O)c2cc([N+](=O)[O-])cc([N+](=O)[O-])c2)c2ncccc2c1. The lowest BCUT2D eigenvalue weighted by atomic mass is 10.1. The number of non-ortho nitro benzene ring substituents is 2. The van der Waals surface area contributed by atoms with Crippen molar-refractivity contribution in [1.29, 1.82) is 0 Å². The molecule has 0 saturated heterocycles. The molecule has 0 radical (unpaired) electrons. The number of halogens is 1. The Morgan fingerprint density at radius 2 is 1.73 bits per heavy atom. The van der Waals surface area contributed by atoms with E-state index >= 15 is 0 Å². The van der Waals surface area contributed by atoms with Crippen LogP contribution in [0.4, 0.5) is 17.1 Å². The highest BCUT2D eigenvalue weighted by Crippen LogP contribution is 2.29. The highest BCUT2D eigenvalue weighted by molar-refractivity contribution is 6.30. The summed E-state index contributed by atoms with van der Waals surface area (Å²) in [5, 5.41) is 27.7. The number of fused-ring (bicyclic) bond motifs is 1.